The van der Waals surface area contributed by atoms with E-state index < -0.39 is 6.10 Å². The monoisotopic (exact) mass is 259 g/mol. The Kier molecular flexibility index (Phi) is 4.28. The van der Waals surface area contributed by atoms with Gasteiger partial charge in [0.15, 0.2) is 0 Å². The number of hydrogen-bond acceptors (Lipinski definition) is 3. The van der Waals surface area contributed by atoms with Crippen LogP contribution in [0.3, 0.4) is 0 Å². The second-order valence-electron chi connectivity index (χ2n) is 4.26. The number of benzene rings is 2. The first-order valence-corrected chi connectivity index (χ1v) is 6.87. The molecule has 0 aliphatic carbocycles. The van der Waals surface area contributed by atoms with E-state index in [1.165, 1.54) is 10.5 Å². The number of aliphatic hydroxyl groups excluding tert-OH is 1. The lowest BCUT2D eigenvalue weighted by atomic mass is 10.1. The molecule has 2 aromatic rings. The number of aliphatic hydroxyl groups is 1. The van der Waals surface area contributed by atoms with Gasteiger partial charge in [0.05, 0.1) is 6.10 Å². The molecule has 2 nitrogen and oxygen atoms in total. The predicted octanol–water partition coefficient (Wildman–Crippen LogP) is 3.40. The maximum atomic E-state index is 10.1. The molecule has 3 heteroatoms. The summed E-state index contributed by atoms with van der Waals surface area (Å²) in [5.74, 6) is 0.648. The third kappa shape index (κ3) is 3.28. The minimum absolute atomic E-state index is 0.463. The van der Waals surface area contributed by atoms with Crippen LogP contribution in [0.4, 0.5) is 5.69 Å². The van der Waals surface area contributed by atoms with Gasteiger partial charge in [-0.1, -0.05) is 30.3 Å². The number of hydrogen-bond donors (Lipinski definition) is 2. The number of nitrogen functional groups attached to an aromatic ring is 1. The molecule has 0 radical (unpaired) electrons. The van der Waals surface area contributed by atoms with Crippen LogP contribution in [0.2, 0.25) is 0 Å². The molecule has 0 saturated carbocycles. The van der Waals surface area contributed by atoms with E-state index in [1.54, 1.807) is 11.8 Å². The fraction of sp³-hybridized carbons (Fsp3) is 0.200. The number of aryl methyl sites for hydroxylation is 1. The number of thioether (sulfide) groups is 1. The zero-order valence-corrected chi connectivity index (χ0v) is 11.2. The Bertz CT molecular complexity index is 510. The molecule has 0 aliphatic heterocycles. The van der Waals surface area contributed by atoms with Crippen molar-refractivity contribution in [1.29, 1.82) is 0 Å². The van der Waals surface area contributed by atoms with Crippen LogP contribution in [0.1, 0.15) is 17.2 Å². The molecule has 0 fully saturated rings. The zero-order chi connectivity index (χ0) is 13.0. The Hall–Kier alpha value is -1.45. The molecule has 2 rings (SSSR count). The van der Waals surface area contributed by atoms with E-state index in [-0.39, 0.29) is 0 Å². The van der Waals surface area contributed by atoms with Gasteiger partial charge in [-0.05, 0) is 36.2 Å². The average Bonchev–Trinajstić information content (AvgIpc) is 2.38. The van der Waals surface area contributed by atoms with E-state index in [1.807, 2.05) is 36.4 Å². The van der Waals surface area contributed by atoms with Gasteiger partial charge in [0, 0.05) is 16.3 Å². The molecule has 0 spiro atoms. The Morgan fingerprint density at radius 2 is 1.78 bits per heavy atom. The van der Waals surface area contributed by atoms with Gasteiger partial charge in [-0.2, -0.15) is 0 Å². The van der Waals surface area contributed by atoms with E-state index in [9.17, 15) is 5.11 Å². The van der Waals surface area contributed by atoms with E-state index in [0.29, 0.717) is 5.75 Å². The van der Waals surface area contributed by atoms with Crippen LogP contribution in [0, 0.1) is 6.92 Å². The second-order valence-corrected chi connectivity index (χ2v) is 5.32. The van der Waals surface area contributed by atoms with Crippen molar-refractivity contribution in [3.63, 3.8) is 0 Å². The molecule has 3 N–H and O–H groups in total. The van der Waals surface area contributed by atoms with Crippen molar-refractivity contribution in [3.05, 3.63) is 59.7 Å². The summed E-state index contributed by atoms with van der Waals surface area (Å²) in [6, 6.07) is 15.6. The van der Waals surface area contributed by atoms with Crippen molar-refractivity contribution in [2.45, 2.75) is 17.9 Å². The Morgan fingerprint density at radius 1 is 1.11 bits per heavy atom. The van der Waals surface area contributed by atoms with Gasteiger partial charge in [0.1, 0.15) is 0 Å². The number of rotatable bonds is 4. The number of nitrogens with two attached hydrogens (primary N) is 1. The third-order valence-electron chi connectivity index (χ3n) is 2.81. The SMILES string of the molecule is Cc1ccccc1SCC(O)c1ccc(N)cc1. The molecule has 0 saturated heterocycles. The van der Waals surface area contributed by atoms with E-state index in [4.69, 9.17) is 5.73 Å². The van der Waals surface area contributed by atoms with Crippen LogP contribution >= 0.6 is 11.8 Å². The lowest BCUT2D eigenvalue weighted by Crippen LogP contribution is -2.01. The maximum Gasteiger partial charge on any atom is 0.0883 e. The Balaban J connectivity index is 1.98. The topological polar surface area (TPSA) is 46.2 Å². The largest absolute Gasteiger partial charge is 0.399 e. The summed E-state index contributed by atoms with van der Waals surface area (Å²) < 4.78 is 0. The molecule has 0 aliphatic rings. The van der Waals surface area contributed by atoms with Gasteiger partial charge in [0.25, 0.3) is 0 Å². The van der Waals surface area contributed by atoms with Gasteiger partial charge in [-0.15, -0.1) is 11.8 Å². The molecule has 1 atom stereocenters. The summed E-state index contributed by atoms with van der Waals surface area (Å²) >= 11 is 1.67. The lowest BCUT2D eigenvalue weighted by Gasteiger charge is -2.12. The molecule has 94 valence electrons. The fourth-order valence-electron chi connectivity index (χ4n) is 1.70. The van der Waals surface area contributed by atoms with Crippen LogP contribution in [-0.2, 0) is 0 Å². The van der Waals surface area contributed by atoms with Gasteiger partial charge < -0.3 is 10.8 Å². The summed E-state index contributed by atoms with van der Waals surface area (Å²) in [7, 11) is 0. The molecular formula is C15H17NOS. The first-order chi connectivity index (χ1) is 8.66. The van der Waals surface area contributed by atoms with Gasteiger partial charge in [-0.25, -0.2) is 0 Å². The first-order valence-electron chi connectivity index (χ1n) is 5.89. The highest BCUT2D eigenvalue weighted by atomic mass is 32.2. The average molecular weight is 259 g/mol. The summed E-state index contributed by atoms with van der Waals surface area (Å²) in [5, 5.41) is 10.1. The minimum atomic E-state index is -0.463. The van der Waals surface area contributed by atoms with Crippen molar-refractivity contribution < 1.29 is 5.11 Å². The normalized spacial score (nSPS) is 12.3. The van der Waals surface area contributed by atoms with Gasteiger partial charge >= 0.3 is 0 Å². The van der Waals surface area contributed by atoms with Crippen molar-refractivity contribution in [1.82, 2.24) is 0 Å². The zero-order valence-electron chi connectivity index (χ0n) is 10.3. The maximum absolute atomic E-state index is 10.1. The third-order valence-corrected chi connectivity index (χ3v) is 4.06. The van der Waals surface area contributed by atoms with Crippen LogP contribution in [0.25, 0.3) is 0 Å². The number of anilines is 1. The highest BCUT2D eigenvalue weighted by Crippen LogP contribution is 2.27. The molecule has 2 aromatic carbocycles. The molecule has 0 amide bonds. The smallest absolute Gasteiger partial charge is 0.0883 e. The highest BCUT2D eigenvalue weighted by Gasteiger charge is 2.08. The van der Waals surface area contributed by atoms with Crippen LogP contribution < -0.4 is 5.73 Å². The summed E-state index contributed by atoms with van der Waals surface area (Å²) in [5.41, 5.74) is 8.50. The van der Waals surface area contributed by atoms with Gasteiger partial charge in [0.2, 0.25) is 0 Å². The standard InChI is InChI=1S/C15H17NOS/c1-11-4-2-3-5-15(11)18-10-14(17)12-6-8-13(16)9-7-12/h2-9,14,17H,10,16H2,1H3. The molecule has 0 aromatic heterocycles. The molecule has 18 heavy (non-hydrogen) atoms. The second kappa shape index (κ2) is 5.94. The molecule has 0 bridgehead atoms. The molecular weight excluding hydrogens is 242 g/mol. The Labute approximate surface area is 112 Å². The van der Waals surface area contributed by atoms with E-state index in [2.05, 4.69) is 19.1 Å². The Morgan fingerprint density at radius 3 is 2.44 bits per heavy atom. The predicted molar refractivity (Wildman–Crippen MR) is 77.7 cm³/mol. The fourth-order valence-corrected chi connectivity index (χ4v) is 2.70. The van der Waals surface area contributed by atoms with Crippen molar-refractivity contribution >= 4 is 17.4 Å². The highest BCUT2D eigenvalue weighted by molar-refractivity contribution is 7.99. The summed E-state index contributed by atoms with van der Waals surface area (Å²) in [6.07, 6.45) is -0.463. The van der Waals surface area contributed by atoms with Crippen molar-refractivity contribution in [2.75, 3.05) is 11.5 Å². The van der Waals surface area contributed by atoms with Crippen LogP contribution in [0.15, 0.2) is 53.4 Å². The first kappa shape index (κ1) is 13.0. The molecule has 0 heterocycles. The van der Waals surface area contributed by atoms with E-state index >= 15 is 0 Å². The van der Waals surface area contributed by atoms with Crippen molar-refractivity contribution in [2.24, 2.45) is 0 Å². The molecule has 1 unspecified atom stereocenters. The van der Waals surface area contributed by atoms with Crippen LogP contribution in [-0.4, -0.2) is 10.9 Å². The lowest BCUT2D eigenvalue weighted by molar-refractivity contribution is 0.204. The minimum Gasteiger partial charge on any atom is -0.399 e. The van der Waals surface area contributed by atoms with Gasteiger partial charge in [-0.3, -0.25) is 0 Å². The summed E-state index contributed by atoms with van der Waals surface area (Å²) in [6.45, 7) is 2.08. The van der Waals surface area contributed by atoms with Crippen molar-refractivity contribution in [3.8, 4) is 0 Å². The van der Waals surface area contributed by atoms with E-state index in [0.717, 1.165) is 11.3 Å². The quantitative estimate of drug-likeness (QED) is 0.653. The van der Waals surface area contributed by atoms with Crippen LogP contribution in [0.5, 0.6) is 0 Å². The summed E-state index contributed by atoms with van der Waals surface area (Å²) in [4.78, 5) is 1.21.